The number of nitrogens with zero attached hydrogens (tertiary/aromatic N) is 1. The fourth-order valence-corrected chi connectivity index (χ4v) is 0.982. The fraction of sp³-hybridized carbons (Fsp3) is 0.600. The van der Waals surface area contributed by atoms with Gasteiger partial charge in [-0.05, 0) is 19.8 Å². The Hall–Kier alpha value is -1.50. The second-order valence-electron chi connectivity index (χ2n) is 3.74. The number of alkyl halides is 1. The summed E-state index contributed by atoms with van der Waals surface area (Å²) in [6, 6.07) is 0. The number of nitrogens with two attached hydrogens (primary N) is 2. The Morgan fingerprint density at radius 3 is 2.59 bits per heavy atom. The van der Waals surface area contributed by atoms with Gasteiger partial charge < -0.3 is 16.6 Å². The van der Waals surface area contributed by atoms with E-state index in [1.165, 1.54) is 6.92 Å². The van der Waals surface area contributed by atoms with Crippen molar-refractivity contribution < 1.29 is 18.7 Å². The molecular formula is C10H17F2N3O2. The molecule has 0 radical (unpaired) electrons. The first-order chi connectivity index (χ1) is 7.81. The maximum Gasteiger partial charge on any atom is 0.326 e. The summed E-state index contributed by atoms with van der Waals surface area (Å²) in [5.41, 5.74) is 8.53. The van der Waals surface area contributed by atoms with Crippen LogP contribution in [0.4, 0.5) is 8.78 Å². The molecule has 0 aliphatic heterocycles. The Bertz CT molecular complexity index is 328. The average Bonchev–Trinajstić information content (AvgIpc) is 2.25. The van der Waals surface area contributed by atoms with E-state index in [2.05, 4.69) is 4.99 Å². The highest BCUT2D eigenvalue weighted by Crippen LogP contribution is 2.13. The molecule has 7 heteroatoms. The Balaban J connectivity index is 4.25. The summed E-state index contributed by atoms with van der Waals surface area (Å²) in [6.07, 6.45) is 0.974. The van der Waals surface area contributed by atoms with Crippen LogP contribution in [0.25, 0.3) is 0 Å². The molecule has 0 aliphatic carbocycles. The molecule has 0 aliphatic rings. The van der Waals surface area contributed by atoms with Crippen molar-refractivity contribution in [2.45, 2.75) is 25.3 Å². The van der Waals surface area contributed by atoms with Crippen molar-refractivity contribution in [3.8, 4) is 0 Å². The first-order valence-corrected chi connectivity index (χ1v) is 5.01. The van der Waals surface area contributed by atoms with E-state index in [1.807, 2.05) is 0 Å². The van der Waals surface area contributed by atoms with Gasteiger partial charge in [-0.25, -0.2) is 8.78 Å². The largest absolute Gasteiger partial charge is 0.480 e. The van der Waals surface area contributed by atoms with Gasteiger partial charge in [0.15, 0.2) is 0 Å². The van der Waals surface area contributed by atoms with Gasteiger partial charge in [-0.1, -0.05) is 6.08 Å². The Morgan fingerprint density at radius 1 is 1.59 bits per heavy atom. The summed E-state index contributed by atoms with van der Waals surface area (Å²) in [6.45, 7) is 0.117. The molecule has 17 heavy (non-hydrogen) atoms. The van der Waals surface area contributed by atoms with Crippen LogP contribution in [0.2, 0.25) is 0 Å². The van der Waals surface area contributed by atoms with Crippen LogP contribution in [0.1, 0.15) is 19.8 Å². The Labute approximate surface area is 98.2 Å². The number of carboxylic acids is 1. The molecule has 0 fully saturated rings. The number of halogens is 2. The van der Waals surface area contributed by atoms with E-state index >= 15 is 0 Å². The van der Waals surface area contributed by atoms with Crippen molar-refractivity contribution >= 4 is 11.8 Å². The van der Waals surface area contributed by atoms with E-state index < -0.39 is 24.0 Å². The standard InChI is InChI=1S/C10H17F2N3O2/c1-7(13)15-5-8(12)3-2-4-10(14,6-11)9(16)17/h3H,2,4-6,14H2,1H3,(H2,13,15)(H,16,17)/b8-3+. The van der Waals surface area contributed by atoms with Gasteiger partial charge in [0.25, 0.3) is 0 Å². The molecule has 5 nitrogen and oxygen atoms in total. The van der Waals surface area contributed by atoms with Gasteiger partial charge in [-0.2, -0.15) is 0 Å². The maximum atomic E-state index is 13.1. The van der Waals surface area contributed by atoms with Crippen LogP contribution in [0.3, 0.4) is 0 Å². The third-order valence-corrected chi connectivity index (χ3v) is 2.10. The van der Waals surface area contributed by atoms with Crippen molar-refractivity contribution in [2.75, 3.05) is 13.2 Å². The van der Waals surface area contributed by atoms with Crippen LogP contribution in [0, 0.1) is 0 Å². The molecular weight excluding hydrogens is 232 g/mol. The zero-order valence-electron chi connectivity index (χ0n) is 9.62. The molecule has 0 rings (SSSR count). The molecule has 1 atom stereocenters. The van der Waals surface area contributed by atoms with Gasteiger partial charge >= 0.3 is 5.97 Å². The minimum atomic E-state index is -1.95. The second kappa shape index (κ2) is 6.95. The Kier molecular flexibility index (Phi) is 6.34. The van der Waals surface area contributed by atoms with Crippen LogP contribution in [-0.4, -0.2) is 35.7 Å². The lowest BCUT2D eigenvalue weighted by Gasteiger charge is -2.19. The summed E-state index contributed by atoms with van der Waals surface area (Å²) in [7, 11) is 0. The number of carboxylic acid groups (broad SMARTS) is 1. The smallest absolute Gasteiger partial charge is 0.326 e. The van der Waals surface area contributed by atoms with Crippen LogP contribution in [0.5, 0.6) is 0 Å². The van der Waals surface area contributed by atoms with Gasteiger partial charge in [0.2, 0.25) is 0 Å². The normalized spacial score (nSPS) is 16.7. The van der Waals surface area contributed by atoms with E-state index in [1.54, 1.807) is 0 Å². The van der Waals surface area contributed by atoms with Crippen LogP contribution < -0.4 is 11.5 Å². The first kappa shape index (κ1) is 15.5. The second-order valence-corrected chi connectivity index (χ2v) is 3.74. The fourth-order valence-electron chi connectivity index (χ4n) is 0.982. The zero-order chi connectivity index (χ0) is 13.5. The molecule has 0 bridgehead atoms. The summed E-state index contributed by atoms with van der Waals surface area (Å²) >= 11 is 0. The highest BCUT2D eigenvalue weighted by atomic mass is 19.1. The molecule has 0 aromatic heterocycles. The monoisotopic (exact) mass is 249 g/mol. The van der Waals surface area contributed by atoms with Crippen LogP contribution >= 0.6 is 0 Å². The van der Waals surface area contributed by atoms with Crippen molar-refractivity contribution in [1.29, 1.82) is 0 Å². The molecule has 0 heterocycles. The SMILES string of the molecule is CC(N)=NC/C(F)=C\CCC(N)(CF)C(=O)O. The minimum Gasteiger partial charge on any atom is -0.480 e. The number of aliphatic carboxylic acids is 1. The third kappa shape index (κ3) is 5.96. The van der Waals surface area contributed by atoms with Gasteiger partial charge in [0.05, 0.1) is 12.4 Å². The molecule has 0 aromatic rings. The van der Waals surface area contributed by atoms with E-state index in [4.69, 9.17) is 16.6 Å². The molecule has 0 saturated carbocycles. The summed E-state index contributed by atoms with van der Waals surface area (Å²) < 4.78 is 25.5. The molecule has 0 amide bonds. The number of hydrogen-bond acceptors (Lipinski definition) is 3. The number of allylic oxidation sites excluding steroid dienone is 1. The summed E-state index contributed by atoms with van der Waals surface area (Å²) in [4.78, 5) is 14.2. The zero-order valence-corrected chi connectivity index (χ0v) is 9.62. The van der Waals surface area contributed by atoms with Gasteiger partial charge in [0.1, 0.15) is 18.0 Å². The van der Waals surface area contributed by atoms with Gasteiger partial charge in [-0.15, -0.1) is 0 Å². The minimum absolute atomic E-state index is 0.0255. The van der Waals surface area contributed by atoms with E-state index in [0.29, 0.717) is 0 Å². The quantitative estimate of drug-likeness (QED) is 0.457. The lowest BCUT2D eigenvalue weighted by atomic mass is 9.96. The highest BCUT2D eigenvalue weighted by Gasteiger charge is 2.33. The topological polar surface area (TPSA) is 102 Å². The van der Waals surface area contributed by atoms with E-state index in [9.17, 15) is 13.6 Å². The van der Waals surface area contributed by atoms with E-state index in [-0.39, 0.29) is 25.2 Å². The molecule has 0 spiro atoms. The molecule has 98 valence electrons. The van der Waals surface area contributed by atoms with E-state index in [0.717, 1.165) is 6.08 Å². The Morgan fingerprint density at radius 2 is 2.18 bits per heavy atom. The maximum absolute atomic E-state index is 13.1. The molecule has 0 saturated heterocycles. The number of carbonyl (C=O) groups is 1. The molecule has 0 aromatic carbocycles. The average molecular weight is 249 g/mol. The van der Waals surface area contributed by atoms with Crippen molar-refractivity contribution in [2.24, 2.45) is 16.5 Å². The molecule has 1 unspecified atom stereocenters. The van der Waals surface area contributed by atoms with Crippen LogP contribution in [-0.2, 0) is 4.79 Å². The summed E-state index contributed by atoms with van der Waals surface area (Å²) in [5.74, 6) is -1.75. The van der Waals surface area contributed by atoms with Crippen molar-refractivity contribution in [3.63, 3.8) is 0 Å². The van der Waals surface area contributed by atoms with Crippen LogP contribution in [0.15, 0.2) is 16.9 Å². The number of amidine groups is 1. The van der Waals surface area contributed by atoms with Gasteiger partial charge in [0, 0.05) is 0 Å². The third-order valence-electron chi connectivity index (χ3n) is 2.10. The highest BCUT2D eigenvalue weighted by molar-refractivity contribution is 5.78. The number of aliphatic imine (C=N–C) groups is 1. The number of hydrogen-bond donors (Lipinski definition) is 3. The number of rotatable bonds is 7. The predicted molar refractivity (Wildman–Crippen MR) is 61.1 cm³/mol. The van der Waals surface area contributed by atoms with Gasteiger partial charge in [-0.3, -0.25) is 9.79 Å². The van der Waals surface area contributed by atoms with Crippen molar-refractivity contribution in [1.82, 2.24) is 0 Å². The molecule has 5 N–H and O–H groups in total. The van der Waals surface area contributed by atoms with Crippen molar-refractivity contribution in [3.05, 3.63) is 11.9 Å². The lowest BCUT2D eigenvalue weighted by Crippen LogP contribution is -2.49. The lowest BCUT2D eigenvalue weighted by molar-refractivity contribution is -0.144. The predicted octanol–water partition coefficient (Wildman–Crippen LogP) is 0.749. The summed E-state index contributed by atoms with van der Waals surface area (Å²) in [5, 5.41) is 8.66. The first-order valence-electron chi connectivity index (χ1n) is 5.01.